The Balaban J connectivity index is 1.86. The fourth-order valence-corrected chi connectivity index (χ4v) is 2.65. The van der Waals surface area contributed by atoms with E-state index in [1.807, 2.05) is 37.3 Å². The van der Waals surface area contributed by atoms with Gasteiger partial charge in [0, 0.05) is 10.7 Å². The van der Waals surface area contributed by atoms with Gasteiger partial charge < -0.3 is 5.32 Å². The number of hydrogen-bond donors (Lipinski definition) is 1. The normalized spacial score (nSPS) is 10.6. The van der Waals surface area contributed by atoms with Gasteiger partial charge in [-0.25, -0.2) is 4.68 Å². The van der Waals surface area contributed by atoms with Crippen molar-refractivity contribution in [1.29, 1.82) is 0 Å². The number of nitrogens with zero attached hydrogens (tertiary/aromatic N) is 2. The first-order chi connectivity index (χ1) is 11.0. The Morgan fingerprint density at radius 3 is 2.52 bits per heavy atom. The maximum Gasteiger partial charge on any atom is 0.276 e. The highest BCUT2D eigenvalue weighted by molar-refractivity contribution is 6.36. The first-order valence-corrected chi connectivity index (χ1v) is 7.68. The summed E-state index contributed by atoms with van der Waals surface area (Å²) in [4.78, 5) is 12.4. The van der Waals surface area contributed by atoms with Gasteiger partial charge in [-0.2, -0.15) is 5.10 Å². The van der Waals surface area contributed by atoms with Crippen LogP contribution in [0, 0.1) is 6.92 Å². The van der Waals surface area contributed by atoms with Crippen LogP contribution in [-0.2, 0) is 0 Å². The van der Waals surface area contributed by atoms with E-state index in [1.54, 1.807) is 28.9 Å². The molecule has 1 amide bonds. The third-order valence-corrected chi connectivity index (χ3v) is 3.85. The van der Waals surface area contributed by atoms with E-state index in [2.05, 4.69) is 10.4 Å². The number of aromatic nitrogens is 2. The van der Waals surface area contributed by atoms with E-state index in [0.717, 1.165) is 11.4 Å². The van der Waals surface area contributed by atoms with E-state index in [0.29, 0.717) is 21.4 Å². The Hall–Kier alpha value is -2.30. The summed E-state index contributed by atoms with van der Waals surface area (Å²) in [5.41, 5.74) is 2.57. The van der Waals surface area contributed by atoms with E-state index in [9.17, 15) is 4.79 Å². The summed E-state index contributed by atoms with van der Waals surface area (Å²) in [6.07, 6.45) is 0. The third kappa shape index (κ3) is 3.38. The Morgan fingerprint density at radius 2 is 1.83 bits per heavy atom. The zero-order valence-electron chi connectivity index (χ0n) is 12.3. The minimum atomic E-state index is -0.327. The molecule has 2 aromatic carbocycles. The van der Waals surface area contributed by atoms with Gasteiger partial charge in [0.1, 0.15) is 0 Å². The number of aryl methyl sites for hydroxylation is 1. The summed E-state index contributed by atoms with van der Waals surface area (Å²) in [6.45, 7) is 1.89. The quantitative estimate of drug-likeness (QED) is 0.745. The molecule has 0 saturated carbocycles. The van der Waals surface area contributed by atoms with Crippen LogP contribution in [0.5, 0.6) is 0 Å². The second-order valence-corrected chi connectivity index (χ2v) is 5.84. The lowest BCUT2D eigenvalue weighted by molar-refractivity contribution is 0.102. The molecule has 6 heteroatoms. The molecule has 0 saturated heterocycles. The SMILES string of the molecule is Cc1cc(C(=O)Nc2ccc(Cl)cc2Cl)nn1-c1ccccc1. The Bertz CT molecular complexity index is 860. The molecule has 0 radical (unpaired) electrons. The standard InChI is InChI=1S/C17H13Cl2N3O/c1-11-9-16(21-22(11)13-5-3-2-4-6-13)17(23)20-15-8-7-12(18)10-14(15)19/h2-10H,1H3,(H,20,23). The molecule has 0 aliphatic carbocycles. The van der Waals surface area contributed by atoms with Crippen LogP contribution in [0.1, 0.15) is 16.2 Å². The minimum absolute atomic E-state index is 0.317. The van der Waals surface area contributed by atoms with Crippen molar-refractivity contribution in [3.8, 4) is 5.69 Å². The van der Waals surface area contributed by atoms with Crippen molar-refractivity contribution in [2.24, 2.45) is 0 Å². The van der Waals surface area contributed by atoms with Crippen molar-refractivity contribution < 1.29 is 4.79 Å². The average molecular weight is 346 g/mol. The summed E-state index contributed by atoms with van der Waals surface area (Å²) >= 11 is 11.9. The molecule has 0 aliphatic rings. The molecule has 4 nitrogen and oxygen atoms in total. The summed E-state index contributed by atoms with van der Waals surface area (Å²) in [7, 11) is 0. The van der Waals surface area contributed by atoms with Crippen molar-refractivity contribution in [2.75, 3.05) is 5.32 Å². The second-order valence-electron chi connectivity index (χ2n) is 5.00. The van der Waals surface area contributed by atoms with Gasteiger partial charge in [0.2, 0.25) is 0 Å². The van der Waals surface area contributed by atoms with Crippen LogP contribution in [0.15, 0.2) is 54.6 Å². The average Bonchev–Trinajstić information content (AvgIpc) is 2.93. The highest BCUT2D eigenvalue weighted by Gasteiger charge is 2.14. The molecule has 3 rings (SSSR count). The first-order valence-electron chi connectivity index (χ1n) is 6.93. The molecule has 116 valence electrons. The molecule has 1 N–H and O–H groups in total. The Morgan fingerprint density at radius 1 is 1.09 bits per heavy atom. The van der Waals surface area contributed by atoms with Gasteiger partial charge in [0.25, 0.3) is 5.91 Å². The molecule has 1 heterocycles. The van der Waals surface area contributed by atoms with E-state index in [-0.39, 0.29) is 5.91 Å². The van der Waals surface area contributed by atoms with Crippen LogP contribution in [0.2, 0.25) is 10.0 Å². The van der Waals surface area contributed by atoms with E-state index < -0.39 is 0 Å². The van der Waals surface area contributed by atoms with E-state index in [4.69, 9.17) is 23.2 Å². The first kappa shape index (κ1) is 15.6. The zero-order chi connectivity index (χ0) is 16.4. The molecule has 0 unspecified atom stereocenters. The fraction of sp³-hybridized carbons (Fsp3) is 0.0588. The van der Waals surface area contributed by atoms with Gasteiger partial charge in [-0.15, -0.1) is 0 Å². The van der Waals surface area contributed by atoms with Gasteiger partial charge in [-0.1, -0.05) is 41.4 Å². The molecule has 0 spiro atoms. The number of para-hydroxylation sites is 1. The van der Waals surface area contributed by atoms with Gasteiger partial charge in [0.15, 0.2) is 5.69 Å². The molecule has 1 aromatic heterocycles. The van der Waals surface area contributed by atoms with Crippen molar-refractivity contribution in [2.45, 2.75) is 6.92 Å². The van der Waals surface area contributed by atoms with E-state index >= 15 is 0 Å². The molecular formula is C17H13Cl2N3O. The Kier molecular flexibility index (Phi) is 4.37. The molecule has 0 bridgehead atoms. The van der Waals surface area contributed by atoms with Crippen LogP contribution in [0.25, 0.3) is 5.69 Å². The van der Waals surface area contributed by atoms with Gasteiger partial charge in [-0.3, -0.25) is 4.79 Å². The molecule has 0 aliphatic heterocycles. The lowest BCUT2D eigenvalue weighted by atomic mass is 10.3. The van der Waals surface area contributed by atoms with Crippen molar-refractivity contribution in [3.05, 3.63) is 76.0 Å². The lowest BCUT2D eigenvalue weighted by Gasteiger charge is -2.06. The van der Waals surface area contributed by atoms with Gasteiger partial charge in [0.05, 0.1) is 16.4 Å². The summed E-state index contributed by atoms with van der Waals surface area (Å²) in [5.74, 6) is -0.327. The van der Waals surface area contributed by atoms with Crippen LogP contribution in [0.4, 0.5) is 5.69 Å². The van der Waals surface area contributed by atoms with Crippen LogP contribution < -0.4 is 5.32 Å². The number of benzene rings is 2. The van der Waals surface area contributed by atoms with E-state index in [1.165, 1.54) is 0 Å². The number of halogens is 2. The number of carbonyl (C=O) groups excluding carboxylic acids is 1. The minimum Gasteiger partial charge on any atom is -0.319 e. The van der Waals surface area contributed by atoms with Crippen LogP contribution >= 0.6 is 23.2 Å². The highest BCUT2D eigenvalue weighted by Crippen LogP contribution is 2.25. The smallest absolute Gasteiger partial charge is 0.276 e. The fourth-order valence-electron chi connectivity index (χ4n) is 2.19. The number of rotatable bonds is 3. The maximum atomic E-state index is 12.4. The predicted molar refractivity (Wildman–Crippen MR) is 92.7 cm³/mol. The molecule has 0 atom stereocenters. The predicted octanol–water partition coefficient (Wildman–Crippen LogP) is 4.74. The number of nitrogens with one attached hydrogen (secondary N) is 1. The lowest BCUT2D eigenvalue weighted by Crippen LogP contribution is -2.13. The number of carbonyl (C=O) groups is 1. The molecule has 3 aromatic rings. The molecule has 0 fully saturated rings. The number of amides is 1. The zero-order valence-corrected chi connectivity index (χ0v) is 13.8. The topological polar surface area (TPSA) is 46.9 Å². The monoisotopic (exact) mass is 345 g/mol. The van der Waals surface area contributed by atoms with Crippen LogP contribution in [-0.4, -0.2) is 15.7 Å². The molecular weight excluding hydrogens is 333 g/mol. The van der Waals surface area contributed by atoms with Crippen LogP contribution in [0.3, 0.4) is 0 Å². The Labute approximate surface area is 143 Å². The highest BCUT2D eigenvalue weighted by atomic mass is 35.5. The number of hydrogen-bond acceptors (Lipinski definition) is 2. The second kappa shape index (κ2) is 6.44. The van der Waals surface area contributed by atoms with Gasteiger partial charge >= 0.3 is 0 Å². The largest absolute Gasteiger partial charge is 0.319 e. The molecule has 23 heavy (non-hydrogen) atoms. The third-order valence-electron chi connectivity index (χ3n) is 3.30. The maximum absolute atomic E-state index is 12.4. The number of anilines is 1. The summed E-state index contributed by atoms with van der Waals surface area (Å²) in [5, 5.41) is 7.99. The van der Waals surface area contributed by atoms with Crippen molar-refractivity contribution in [3.63, 3.8) is 0 Å². The van der Waals surface area contributed by atoms with Gasteiger partial charge in [-0.05, 0) is 43.3 Å². The summed E-state index contributed by atoms with van der Waals surface area (Å²) in [6, 6.07) is 16.3. The summed E-state index contributed by atoms with van der Waals surface area (Å²) < 4.78 is 1.72. The van der Waals surface area contributed by atoms with Crippen molar-refractivity contribution in [1.82, 2.24) is 9.78 Å². The van der Waals surface area contributed by atoms with Crippen molar-refractivity contribution >= 4 is 34.8 Å².